The van der Waals surface area contributed by atoms with Crippen LogP contribution in [0.15, 0.2) is 64.7 Å². The van der Waals surface area contributed by atoms with Gasteiger partial charge in [-0.15, -0.1) is 11.8 Å². The van der Waals surface area contributed by atoms with E-state index in [4.69, 9.17) is 0 Å². The van der Waals surface area contributed by atoms with Gasteiger partial charge in [0.1, 0.15) is 0 Å². The Balaban J connectivity index is 1.53. The van der Waals surface area contributed by atoms with E-state index in [2.05, 4.69) is 15.5 Å². The highest BCUT2D eigenvalue weighted by Crippen LogP contribution is 2.18. The lowest BCUT2D eigenvalue weighted by molar-refractivity contribution is -0.118. The van der Waals surface area contributed by atoms with E-state index in [1.54, 1.807) is 6.21 Å². The standard InChI is InChI=1S/C18H17N3OS/c1-13-6-8-15(9-7-13)23-12-18(22)21-20-11-14-10-19-17-5-3-2-4-16(14)17/h2-11,19H,12H2,1H3,(H,21,22)/b20-11+. The molecule has 116 valence electrons. The maximum atomic E-state index is 11.8. The summed E-state index contributed by atoms with van der Waals surface area (Å²) in [6, 6.07) is 16.1. The van der Waals surface area contributed by atoms with Crippen LogP contribution in [0.2, 0.25) is 0 Å². The quantitative estimate of drug-likeness (QED) is 0.427. The second-order valence-electron chi connectivity index (χ2n) is 5.18. The van der Waals surface area contributed by atoms with Crippen molar-refractivity contribution in [1.82, 2.24) is 10.4 Å². The van der Waals surface area contributed by atoms with Gasteiger partial charge in [-0.3, -0.25) is 4.79 Å². The summed E-state index contributed by atoms with van der Waals surface area (Å²) in [4.78, 5) is 16.1. The largest absolute Gasteiger partial charge is 0.361 e. The van der Waals surface area contributed by atoms with Gasteiger partial charge < -0.3 is 4.98 Å². The fourth-order valence-electron chi connectivity index (χ4n) is 2.19. The number of hydrogen-bond acceptors (Lipinski definition) is 3. The van der Waals surface area contributed by atoms with Gasteiger partial charge in [0.05, 0.1) is 12.0 Å². The van der Waals surface area contributed by atoms with Crippen molar-refractivity contribution >= 4 is 34.8 Å². The molecule has 0 saturated heterocycles. The van der Waals surface area contributed by atoms with Gasteiger partial charge in [-0.1, -0.05) is 35.9 Å². The molecule has 0 atom stereocenters. The van der Waals surface area contributed by atoms with Gasteiger partial charge in [0, 0.05) is 27.6 Å². The van der Waals surface area contributed by atoms with Crippen molar-refractivity contribution in [2.45, 2.75) is 11.8 Å². The first-order chi connectivity index (χ1) is 11.2. The van der Waals surface area contributed by atoms with E-state index in [9.17, 15) is 4.79 Å². The molecule has 0 bridgehead atoms. The lowest BCUT2D eigenvalue weighted by Gasteiger charge is -2.01. The van der Waals surface area contributed by atoms with Gasteiger partial charge in [-0.25, -0.2) is 5.43 Å². The first kappa shape index (κ1) is 15.4. The molecule has 0 radical (unpaired) electrons. The molecule has 2 N–H and O–H groups in total. The van der Waals surface area contributed by atoms with Crippen molar-refractivity contribution in [2.75, 3.05) is 5.75 Å². The zero-order chi connectivity index (χ0) is 16.1. The molecular formula is C18H17N3OS. The third kappa shape index (κ3) is 4.02. The van der Waals surface area contributed by atoms with E-state index in [1.807, 2.05) is 61.7 Å². The third-order valence-electron chi connectivity index (χ3n) is 3.41. The summed E-state index contributed by atoms with van der Waals surface area (Å²) >= 11 is 1.50. The van der Waals surface area contributed by atoms with E-state index in [0.29, 0.717) is 5.75 Å². The van der Waals surface area contributed by atoms with Crippen LogP contribution in [0.25, 0.3) is 10.9 Å². The topological polar surface area (TPSA) is 57.2 Å². The maximum absolute atomic E-state index is 11.8. The first-order valence-corrected chi connectivity index (χ1v) is 8.28. The number of rotatable bonds is 5. The summed E-state index contributed by atoms with van der Waals surface area (Å²) in [5.74, 6) is 0.223. The number of carbonyl (C=O) groups excluding carboxylic acids is 1. The Labute approximate surface area is 139 Å². The monoisotopic (exact) mass is 323 g/mol. The van der Waals surface area contributed by atoms with E-state index in [0.717, 1.165) is 21.4 Å². The van der Waals surface area contributed by atoms with Crippen LogP contribution in [-0.4, -0.2) is 22.9 Å². The van der Waals surface area contributed by atoms with Crippen molar-refractivity contribution in [3.8, 4) is 0 Å². The fourth-order valence-corrected chi connectivity index (χ4v) is 2.88. The molecule has 0 aliphatic carbocycles. The van der Waals surface area contributed by atoms with E-state index in [1.165, 1.54) is 17.3 Å². The lowest BCUT2D eigenvalue weighted by Crippen LogP contribution is -2.19. The van der Waals surface area contributed by atoms with Gasteiger partial charge in [0.25, 0.3) is 0 Å². The van der Waals surface area contributed by atoms with Crippen LogP contribution in [-0.2, 0) is 4.79 Å². The predicted molar refractivity (Wildman–Crippen MR) is 95.9 cm³/mol. The zero-order valence-corrected chi connectivity index (χ0v) is 13.6. The molecule has 5 heteroatoms. The molecule has 0 spiro atoms. The summed E-state index contributed by atoms with van der Waals surface area (Å²) < 4.78 is 0. The zero-order valence-electron chi connectivity index (χ0n) is 12.7. The fraction of sp³-hybridized carbons (Fsp3) is 0.111. The molecule has 0 unspecified atom stereocenters. The number of aryl methyl sites for hydroxylation is 1. The van der Waals surface area contributed by atoms with Crippen molar-refractivity contribution in [1.29, 1.82) is 0 Å². The SMILES string of the molecule is Cc1ccc(SCC(=O)N/N=C/c2c[nH]c3ccccc23)cc1. The minimum absolute atomic E-state index is 0.119. The number of fused-ring (bicyclic) bond motifs is 1. The summed E-state index contributed by atoms with van der Waals surface area (Å²) in [6.45, 7) is 2.04. The molecule has 1 amide bonds. The Morgan fingerprint density at radius 2 is 2.00 bits per heavy atom. The average molecular weight is 323 g/mol. The van der Waals surface area contributed by atoms with Crippen LogP contribution in [0.5, 0.6) is 0 Å². The Hall–Kier alpha value is -2.53. The number of amides is 1. The molecule has 4 nitrogen and oxygen atoms in total. The van der Waals surface area contributed by atoms with Crippen LogP contribution in [0.1, 0.15) is 11.1 Å². The van der Waals surface area contributed by atoms with E-state index in [-0.39, 0.29) is 5.91 Å². The minimum atomic E-state index is -0.119. The van der Waals surface area contributed by atoms with Gasteiger partial charge in [-0.2, -0.15) is 5.10 Å². The number of aromatic nitrogens is 1. The van der Waals surface area contributed by atoms with Crippen molar-refractivity contribution in [3.63, 3.8) is 0 Å². The third-order valence-corrected chi connectivity index (χ3v) is 4.42. The first-order valence-electron chi connectivity index (χ1n) is 7.30. The number of nitrogens with one attached hydrogen (secondary N) is 2. The number of hydrogen-bond donors (Lipinski definition) is 2. The van der Waals surface area contributed by atoms with Gasteiger partial charge in [-0.05, 0) is 25.1 Å². The number of H-pyrrole nitrogens is 1. The van der Waals surface area contributed by atoms with E-state index >= 15 is 0 Å². The van der Waals surface area contributed by atoms with Crippen LogP contribution in [0.3, 0.4) is 0 Å². The van der Waals surface area contributed by atoms with E-state index < -0.39 is 0 Å². The number of carbonyl (C=O) groups is 1. The molecule has 1 aromatic heterocycles. The molecule has 23 heavy (non-hydrogen) atoms. The number of thioether (sulfide) groups is 1. The molecular weight excluding hydrogens is 306 g/mol. The summed E-state index contributed by atoms with van der Waals surface area (Å²) in [7, 11) is 0. The normalized spacial score (nSPS) is 11.2. The number of aromatic amines is 1. The van der Waals surface area contributed by atoms with Crippen molar-refractivity contribution in [3.05, 3.63) is 65.9 Å². The maximum Gasteiger partial charge on any atom is 0.250 e. The average Bonchev–Trinajstić information content (AvgIpc) is 2.98. The Bertz CT molecular complexity index is 837. The summed E-state index contributed by atoms with van der Waals surface area (Å²) in [6.07, 6.45) is 3.54. The number of hydrazone groups is 1. The number of nitrogens with zero attached hydrogens (tertiary/aromatic N) is 1. The summed E-state index contributed by atoms with van der Waals surface area (Å²) in [5, 5.41) is 5.12. The van der Waals surface area contributed by atoms with Gasteiger partial charge >= 0.3 is 0 Å². The highest BCUT2D eigenvalue weighted by molar-refractivity contribution is 8.00. The smallest absolute Gasteiger partial charge is 0.250 e. The number of benzene rings is 2. The molecule has 1 heterocycles. The van der Waals surface area contributed by atoms with Gasteiger partial charge in [0.2, 0.25) is 5.91 Å². The van der Waals surface area contributed by atoms with Crippen LogP contribution in [0, 0.1) is 6.92 Å². The summed E-state index contributed by atoms with van der Waals surface area (Å²) in [5.41, 5.74) is 5.78. The Morgan fingerprint density at radius 3 is 2.83 bits per heavy atom. The highest BCUT2D eigenvalue weighted by Gasteiger charge is 2.02. The molecule has 3 aromatic rings. The Kier molecular flexibility index (Phi) is 4.78. The molecule has 2 aromatic carbocycles. The molecule has 0 saturated carbocycles. The second kappa shape index (κ2) is 7.15. The minimum Gasteiger partial charge on any atom is -0.361 e. The molecule has 3 rings (SSSR count). The van der Waals surface area contributed by atoms with Crippen LogP contribution >= 0.6 is 11.8 Å². The second-order valence-corrected chi connectivity index (χ2v) is 6.23. The van der Waals surface area contributed by atoms with Crippen LogP contribution < -0.4 is 5.43 Å². The van der Waals surface area contributed by atoms with Crippen LogP contribution in [0.4, 0.5) is 0 Å². The predicted octanol–water partition coefficient (Wildman–Crippen LogP) is 3.72. The Morgan fingerprint density at radius 1 is 1.22 bits per heavy atom. The molecule has 0 aliphatic rings. The molecule has 0 fully saturated rings. The number of para-hydroxylation sites is 1. The van der Waals surface area contributed by atoms with Crippen molar-refractivity contribution < 1.29 is 4.79 Å². The van der Waals surface area contributed by atoms with Crippen molar-refractivity contribution in [2.24, 2.45) is 5.10 Å². The van der Waals surface area contributed by atoms with Gasteiger partial charge in [0.15, 0.2) is 0 Å². The highest BCUT2D eigenvalue weighted by atomic mass is 32.2. The lowest BCUT2D eigenvalue weighted by atomic mass is 10.2. The molecule has 0 aliphatic heterocycles.